The molecule has 10 heavy (non-hydrogen) atoms. The molecule has 59 valence electrons. The molecule has 1 saturated heterocycles. The topological polar surface area (TPSA) is 12.0 Å². The molecule has 1 aliphatic rings. The summed E-state index contributed by atoms with van der Waals surface area (Å²) in [5.74, 6) is 2.64. The van der Waals surface area contributed by atoms with Crippen LogP contribution in [-0.4, -0.2) is 13.1 Å². The monoisotopic (exact) mass is 217 g/mol. The van der Waals surface area contributed by atoms with Crippen LogP contribution in [0.2, 0.25) is 0 Å². The van der Waals surface area contributed by atoms with Crippen molar-refractivity contribution < 1.29 is 34.1 Å². The summed E-state index contributed by atoms with van der Waals surface area (Å²) >= 11 is 0. The Balaban J connectivity index is 0. The van der Waals surface area contributed by atoms with E-state index >= 15 is 0 Å². The Morgan fingerprint density at radius 2 is 1.90 bits per heavy atom. The van der Waals surface area contributed by atoms with Gasteiger partial charge in [0, 0.05) is 34.1 Å². The molecule has 0 aromatic rings. The average molecular weight is 217 g/mol. The first kappa shape index (κ1) is 11.1. The van der Waals surface area contributed by atoms with Crippen LogP contribution in [0.4, 0.5) is 0 Å². The first-order valence-corrected chi connectivity index (χ1v) is 3.93. The summed E-state index contributed by atoms with van der Waals surface area (Å²) in [5, 5.41) is 3.27. The van der Waals surface area contributed by atoms with Crippen molar-refractivity contribution in [3.05, 3.63) is 5.92 Å². The molecule has 1 heterocycles. The van der Waals surface area contributed by atoms with E-state index in [9.17, 15) is 0 Å². The Labute approximate surface area is 90.7 Å². The number of nitrogens with one attached hydrogen (secondary N) is 1. The average Bonchev–Trinajstić information content (AvgIpc) is 1.78. The van der Waals surface area contributed by atoms with Gasteiger partial charge in [0.1, 0.15) is 0 Å². The molecular weight excluding hydrogens is 199 g/mol. The standard InChI is InChI=1S/C8H16N.Y.H2/c1-3-7(4-2)8-5-9-6-8;;/h7,9H,3-6H2,1-2H3;;1H/q-1;;. The third-order valence-corrected chi connectivity index (χ3v) is 2.27. The molecule has 0 spiro atoms. The molecule has 1 aliphatic heterocycles. The molecule has 0 aromatic carbocycles. The minimum absolute atomic E-state index is 0. The third-order valence-electron chi connectivity index (χ3n) is 2.27. The van der Waals surface area contributed by atoms with Crippen molar-refractivity contribution in [3.63, 3.8) is 0 Å². The summed E-state index contributed by atoms with van der Waals surface area (Å²) in [4.78, 5) is 0. The zero-order chi connectivity index (χ0) is 6.69. The fourth-order valence-corrected chi connectivity index (χ4v) is 1.42. The van der Waals surface area contributed by atoms with E-state index in [4.69, 9.17) is 0 Å². The van der Waals surface area contributed by atoms with E-state index < -0.39 is 0 Å². The Morgan fingerprint density at radius 3 is 2.00 bits per heavy atom. The molecule has 2 heteroatoms. The first-order chi connectivity index (χ1) is 4.38. The fourth-order valence-electron chi connectivity index (χ4n) is 1.42. The van der Waals surface area contributed by atoms with E-state index in [1.165, 1.54) is 25.9 Å². The van der Waals surface area contributed by atoms with Crippen LogP contribution in [-0.2, 0) is 32.7 Å². The molecule has 1 radical (unpaired) electrons. The van der Waals surface area contributed by atoms with Crippen molar-refractivity contribution >= 4 is 0 Å². The van der Waals surface area contributed by atoms with Crippen LogP contribution < -0.4 is 5.32 Å². The molecule has 1 fully saturated rings. The van der Waals surface area contributed by atoms with Gasteiger partial charge >= 0.3 is 0 Å². The van der Waals surface area contributed by atoms with Crippen molar-refractivity contribution in [2.75, 3.05) is 13.1 Å². The van der Waals surface area contributed by atoms with Gasteiger partial charge < -0.3 is 5.32 Å². The zero-order valence-electron chi connectivity index (χ0n) is 6.98. The summed E-state index contributed by atoms with van der Waals surface area (Å²) in [6.45, 7) is 6.93. The van der Waals surface area contributed by atoms with Gasteiger partial charge in [-0.3, -0.25) is 5.92 Å². The maximum Gasteiger partial charge on any atom is 0 e. The van der Waals surface area contributed by atoms with Gasteiger partial charge in [0.15, 0.2) is 0 Å². The molecule has 0 aromatic heterocycles. The smallest absolute Gasteiger partial charge is 0 e. The van der Waals surface area contributed by atoms with Gasteiger partial charge in [-0.15, -0.1) is 13.1 Å². The van der Waals surface area contributed by atoms with Crippen LogP contribution in [0.25, 0.3) is 0 Å². The van der Waals surface area contributed by atoms with E-state index in [-0.39, 0.29) is 34.1 Å². The molecule has 1 nitrogen and oxygen atoms in total. The predicted octanol–water partition coefficient (Wildman–Crippen LogP) is 1.84. The largest absolute Gasteiger partial charge is 0.375 e. The number of rotatable bonds is 3. The number of hydrogen-bond donors (Lipinski definition) is 1. The Kier molecular flexibility index (Phi) is 6.29. The minimum Gasteiger partial charge on any atom is -0.375 e. The molecule has 0 aliphatic carbocycles. The van der Waals surface area contributed by atoms with E-state index in [0.29, 0.717) is 0 Å². The van der Waals surface area contributed by atoms with Crippen molar-refractivity contribution in [2.45, 2.75) is 26.7 Å². The Morgan fingerprint density at radius 1 is 1.40 bits per heavy atom. The normalized spacial score (nSPS) is 18.3. The Hall–Kier alpha value is 1.06. The van der Waals surface area contributed by atoms with Gasteiger partial charge in [-0.25, -0.2) is 0 Å². The summed E-state index contributed by atoms with van der Waals surface area (Å²) < 4.78 is 0. The summed E-state index contributed by atoms with van der Waals surface area (Å²) in [7, 11) is 0. The predicted molar refractivity (Wildman–Crippen MR) is 42.3 cm³/mol. The first-order valence-electron chi connectivity index (χ1n) is 3.93. The number of hydrogen-bond acceptors (Lipinski definition) is 1. The van der Waals surface area contributed by atoms with Crippen LogP contribution >= 0.6 is 0 Å². The fraction of sp³-hybridized carbons (Fsp3) is 0.875. The summed E-state index contributed by atoms with van der Waals surface area (Å²) in [6.07, 6.45) is 2.65. The Bertz CT molecular complexity index is 82.2. The molecule has 0 bridgehead atoms. The van der Waals surface area contributed by atoms with Gasteiger partial charge in [0.05, 0.1) is 0 Å². The van der Waals surface area contributed by atoms with E-state index in [1.54, 1.807) is 5.92 Å². The molecule has 0 unspecified atom stereocenters. The van der Waals surface area contributed by atoms with Gasteiger partial charge in [0.25, 0.3) is 0 Å². The molecule has 0 atom stereocenters. The van der Waals surface area contributed by atoms with E-state index in [2.05, 4.69) is 19.2 Å². The maximum absolute atomic E-state index is 3.27. The molecule has 1 rings (SSSR count). The molecule has 0 amide bonds. The molecular formula is C8H18NY-. The second kappa shape index (κ2) is 5.68. The van der Waals surface area contributed by atoms with Crippen LogP contribution in [0.3, 0.4) is 0 Å². The van der Waals surface area contributed by atoms with E-state index in [1.807, 2.05) is 0 Å². The maximum atomic E-state index is 3.27. The van der Waals surface area contributed by atoms with Crippen LogP contribution in [0, 0.1) is 11.8 Å². The van der Waals surface area contributed by atoms with Crippen molar-refractivity contribution in [2.24, 2.45) is 5.92 Å². The minimum atomic E-state index is 0. The second-order valence-electron chi connectivity index (χ2n) is 2.78. The van der Waals surface area contributed by atoms with Crippen LogP contribution in [0.1, 0.15) is 28.1 Å². The van der Waals surface area contributed by atoms with Crippen LogP contribution in [0.5, 0.6) is 0 Å². The van der Waals surface area contributed by atoms with Crippen molar-refractivity contribution in [1.82, 2.24) is 5.32 Å². The second-order valence-corrected chi connectivity index (χ2v) is 2.78. The van der Waals surface area contributed by atoms with Crippen molar-refractivity contribution in [1.29, 1.82) is 0 Å². The summed E-state index contributed by atoms with van der Waals surface area (Å²) in [5.41, 5.74) is 0. The van der Waals surface area contributed by atoms with E-state index in [0.717, 1.165) is 5.92 Å². The van der Waals surface area contributed by atoms with Crippen molar-refractivity contribution in [3.8, 4) is 0 Å². The SMILES string of the molecule is CCC(CC)[C-]1CNC1.[HH].[Y]. The quantitative estimate of drug-likeness (QED) is 0.711. The molecule has 0 saturated carbocycles. The third kappa shape index (κ3) is 2.60. The molecule has 1 N–H and O–H groups in total. The zero-order valence-corrected chi connectivity index (χ0v) is 9.82. The van der Waals surface area contributed by atoms with Crippen LogP contribution in [0.15, 0.2) is 0 Å². The van der Waals surface area contributed by atoms with Gasteiger partial charge in [0.2, 0.25) is 0 Å². The summed E-state index contributed by atoms with van der Waals surface area (Å²) in [6, 6.07) is 0. The van der Waals surface area contributed by atoms with Gasteiger partial charge in [-0.2, -0.15) is 5.92 Å². The van der Waals surface area contributed by atoms with Gasteiger partial charge in [-0.05, 0) is 0 Å². The van der Waals surface area contributed by atoms with Gasteiger partial charge in [-0.1, -0.05) is 26.7 Å².